The first-order valence-electron chi connectivity index (χ1n) is 8.19. The number of hydrogen-bond acceptors (Lipinski definition) is 5. The maximum atomic E-state index is 12.6. The molecule has 0 radical (unpaired) electrons. The van der Waals surface area contributed by atoms with E-state index >= 15 is 0 Å². The van der Waals surface area contributed by atoms with Gasteiger partial charge in [-0.25, -0.2) is 8.42 Å². The standard InChI is InChI=1S/C19H20N2O4S/c1-4-24-17-9-7-16(8-10-17)21-26(22,23)18-11-5-15(6-12-18)19-13(2)20-25-14(19)3/h5-12,21H,4H2,1-3H3. The Balaban J connectivity index is 1.81. The molecular weight excluding hydrogens is 352 g/mol. The van der Waals surface area contributed by atoms with E-state index in [1.54, 1.807) is 48.5 Å². The molecule has 136 valence electrons. The lowest BCUT2D eigenvalue weighted by molar-refractivity contribution is 0.340. The molecule has 0 aliphatic rings. The molecule has 3 rings (SSSR count). The quantitative estimate of drug-likeness (QED) is 0.703. The minimum atomic E-state index is -3.67. The molecule has 1 aromatic heterocycles. The van der Waals surface area contributed by atoms with E-state index in [9.17, 15) is 8.42 Å². The van der Waals surface area contributed by atoms with Gasteiger partial charge in [-0.3, -0.25) is 4.72 Å². The van der Waals surface area contributed by atoms with Gasteiger partial charge in [-0.1, -0.05) is 17.3 Å². The van der Waals surface area contributed by atoms with Crippen molar-refractivity contribution < 1.29 is 17.7 Å². The van der Waals surface area contributed by atoms with Crippen LogP contribution in [-0.4, -0.2) is 20.2 Å². The Hall–Kier alpha value is -2.80. The van der Waals surface area contributed by atoms with Crippen LogP contribution in [0.1, 0.15) is 18.4 Å². The zero-order valence-corrected chi connectivity index (χ0v) is 15.6. The van der Waals surface area contributed by atoms with E-state index in [0.29, 0.717) is 23.8 Å². The first kappa shape index (κ1) is 18.0. The molecular formula is C19H20N2O4S. The van der Waals surface area contributed by atoms with E-state index in [-0.39, 0.29) is 4.90 Å². The molecule has 0 saturated carbocycles. The van der Waals surface area contributed by atoms with Gasteiger partial charge in [0.25, 0.3) is 10.0 Å². The highest BCUT2D eigenvalue weighted by molar-refractivity contribution is 7.92. The minimum absolute atomic E-state index is 0.182. The Morgan fingerprint density at radius 2 is 1.69 bits per heavy atom. The van der Waals surface area contributed by atoms with Crippen LogP contribution in [0.2, 0.25) is 0 Å². The largest absolute Gasteiger partial charge is 0.494 e. The van der Waals surface area contributed by atoms with Gasteiger partial charge in [-0.2, -0.15) is 0 Å². The number of aromatic nitrogens is 1. The number of hydrogen-bond donors (Lipinski definition) is 1. The number of nitrogens with zero attached hydrogens (tertiary/aromatic N) is 1. The van der Waals surface area contributed by atoms with E-state index in [1.807, 2.05) is 20.8 Å². The fraction of sp³-hybridized carbons (Fsp3) is 0.211. The highest BCUT2D eigenvalue weighted by atomic mass is 32.2. The van der Waals surface area contributed by atoms with Crippen molar-refractivity contribution in [3.8, 4) is 16.9 Å². The first-order valence-corrected chi connectivity index (χ1v) is 9.68. The zero-order valence-electron chi connectivity index (χ0n) is 14.8. The fourth-order valence-corrected chi connectivity index (χ4v) is 3.75. The fourth-order valence-electron chi connectivity index (χ4n) is 2.70. The van der Waals surface area contributed by atoms with Crippen LogP contribution >= 0.6 is 0 Å². The number of ether oxygens (including phenoxy) is 1. The molecule has 7 heteroatoms. The Bertz CT molecular complexity index is 972. The molecule has 0 atom stereocenters. The molecule has 0 amide bonds. The van der Waals surface area contributed by atoms with E-state index in [0.717, 1.165) is 16.8 Å². The lowest BCUT2D eigenvalue weighted by atomic mass is 10.0. The number of benzene rings is 2. The van der Waals surface area contributed by atoms with Crippen LogP contribution in [0.4, 0.5) is 5.69 Å². The van der Waals surface area contributed by atoms with Gasteiger partial charge in [0.15, 0.2) is 0 Å². The van der Waals surface area contributed by atoms with Crippen molar-refractivity contribution in [1.82, 2.24) is 5.16 Å². The molecule has 0 aliphatic heterocycles. The predicted octanol–water partition coefficient (Wildman–Crippen LogP) is 4.16. The van der Waals surface area contributed by atoms with Gasteiger partial charge in [-0.05, 0) is 62.7 Å². The molecule has 2 aromatic carbocycles. The average Bonchev–Trinajstić information content (AvgIpc) is 2.95. The molecule has 0 unspecified atom stereocenters. The van der Waals surface area contributed by atoms with Crippen LogP contribution in [0.5, 0.6) is 5.75 Å². The summed E-state index contributed by atoms with van der Waals surface area (Å²) in [6.07, 6.45) is 0. The maximum Gasteiger partial charge on any atom is 0.261 e. The van der Waals surface area contributed by atoms with Crippen molar-refractivity contribution in [3.63, 3.8) is 0 Å². The third-order valence-corrected chi connectivity index (χ3v) is 5.30. The third-order valence-electron chi connectivity index (χ3n) is 3.90. The number of aryl methyl sites for hydroxylation is 2. The highest BCUT2D eigenvalue weighted by Gasteiger charge is 2.16. The van der Waals surface area contributed by atoms with Gasteiger partial charge in [0, 0.05) is 11.3 Å². The summed E-state index contributed by atoms with van der Waals surface area (Å²) in [5, 5.41) is 3.92. The molecule has 1 heterocycles. The molecule has 1 N–H and O–H groups in total. The van der Waals surface area contributed by atoms with Crippen molar-refractivity contribution in [2.24, 2.45) is 0 Å². The van der Waals surface area contributed by atoms with Crippen LogP contribution < -0.4 is 9.46 Å². The van der Waals surface area contributed by atoms with Crippen molar-refractivity contribution in [2.45, 2.75) is 25.7 Å². The molecule has 0 fully saturated rings. The minimum Gasteiger partial charge on any atom is -0.494 e. The second kappa shape index (κ2) is 7.21. The van der Waals surface area contributed by atoms with E-state index < -0.39 is 10.0 Å². The predicted molar refractivity (Wildman–Crippen MR) is 99.8 cm³/mol. The monoisotopic (exact) mass is 372 g/mol. The van der Waals surface area contributed by atoms with E-state index in [4.69, 9.17) is 9.26 Å². The van der Waals surface area contributed by atoms with Crippen LogP contribution in [-0.2, 0) is 10.0 Å². The molecule has 0 aliphatic carbocycles. The van der Waals surface area contributed by atoms with Crippen molar-refractivity contribution in [1.29, 1.82) is 0 Å². The third kappa shape index (κ3) is 3.72. The summed E-state index contributed by atoms with van der Waals surface area (Å²) in [5.74, 6) is 1.39. The van der Waals surface area contributed by atoms with Crippen molar-refractivity contribution in [3.05, 3.63) is 60.0 Å². The van der Waals surface area contributed by atoms with Gasteiger partial charge in [0.2, 0.25) is 0 Å². The Labute approximate surface area is 152 Å². The van der Waals surface area contributed by atoms with Crippen molar-refractivity contribution in [2.75, 3.05) is 11.3 Å². The summed E-state index contributed by atoms with van der Waals surface area (Å²) in [6.45, 7) is 6.13. The summed E-state index contributed by atoms with van der Waals surface area (Å²) < 4.78 is 38.2. The second-order valence-corrected chi connectivity index (χ2v) is 7.47. The van der Waals surface area contributed by atoms with Gasteiger partial charge >= 0.3 is 0 Å². The lowest BCUT2D eigenvalue weighted by Gasteiger charge is -2.10. The van der Waals surface area contributed by atoms with Crippen LogP contribution in [0, 0.1) is 13.8 Å². The first-order chi connectivity index (χ1) is 12.4. The smallest absolute Gasteiger partial charge is 0.261 e. The molecule has 0 saturated heterocycles. The zero-order chi connectivity index (χ0) is 18.7. The average molecular weight is 372 g/mol. The van der Waals surface area contributed by atoms with Gasteiger partial charge in [0.05, 0.1) is 17.2 Å². The highest BCUT2D eigenvalue weighted by Crippen LogP contribution is 2.28. The summed E-state index contributed by atoms with van der Waals surface area (Å²) >= 11 is 0. The summed E-state index contributed by atoms with van der Waals surface area (Å²) in [4.78, 5) is 0.182. The molecule has 3 aromatic rings. The Morgan fingerprint density at radius 3 is 2.23 bits per heavy atom. The summed E-state index contributed by atoms with van der Waals surface area (Å²) in [5.41, 5.74) is 2.99. The van der Waals surface area contributed by atoms with E-state index in [1.165, 1.54) is 0 Å². The topological polar surface area (TPSA) is 81.4 Å². The molecule has 6 nitrogen and oxygen atoms in total. The van der Waals surface area contributed by atoms with Crippen molar-refractivity contribution >= 4 is 15.7 Å². The van der Waals surface area contributed by atoms with E-state index in [2.05, 4.69) is 9.88 Å². The van der Waals surface area contributed by atoms with Gasteiger partial charge < -0.3 is 9.26 Å². The summed E-state index contributed by atoms with van der Waals surface area (Å²) in [6, 6.07) is 13.4. The lowest BCUT2D eigenvalue weighted by Crippen LogP contribution is -2.12. The number of anilines is 1. The molecule has 0 spiro atoms. The number of nitrogens with one attached hydrogen (secondary N) is 1. The number of rotatable bonds is 6. The normalized spacial score (nSPS) is 11.3. The Kier molecular flexibility index (Phi) is 4.99. The second-order valence-electron chi connectivity index (χ2n) is 5.79. The molecule has 0 bridgehead atoms. The van der Waals surface area contributed by atoms with Crippen LogP contribution in [0.15, 0.2) is 57.9 Å². The SMILES string of the molecule is CCOc1ccc(NS(=O)(=O)c2ccc(-c3c(C)noc3C)cc2)cc1. The number of sulfonamides is 1. The Morgan fingerprint density at radius 1 is 1.04 bits per heavy atom. The van der Waals surface area contributed by atoms with Gasteiger partial charge in [-0.15, -0.1) is 0 Å². The van der Waals surface area contributed by atoms with Crippen LogP contribution in [0.3, 0.4) is 0 Å². The van der Waals surface area contributed by atoms with Crippen LogP contribution in [0.25, 0.3) is 11.1 Å². The van der Waals surface area contributed by atoms with Gasteiger partial charge in [0.1, 0.15) is 11.5 Å². The summed E-state index contributed by atoms with van der Waals surface area (Å²) in [7, 11) is -3.67. The molecule has 26 heavy (non-hydrogen) atoms. The maximum absolute atomic E-state index is 12.6.